The zero-order valence-electron chi connectivity index (χ0n) is 21.5. The lowest BCUT2D eigenvalue weighted by molar-refractivity contribution is -0.145. The number of hydrogen-bond acceptors (Lipinski definition) is 8. The van der Waals surface area contributed by atoms with Crippen LogP contribution in [-0.2, 0) is 29.6 Å². The monoisotopic (exact) mass is 593 g/mol. The molecule has 0 bridgehead atoms. The third-order valence-electron chi connectivity index (χ3n) is 8.22. The first-order valence-corrected chi connectivity index (χ1v) is 15.0. The highest BCUT2D eigenvalue weighted by molar-refractivity contribution is 7.96. The van der Waals surface area contributed by atoms with Crippen LogP contribution in [0.1, 0.15) is 31.9 Å². The molecule has 2 saturated heterocycles. The van der Waals surface area contributed by atoms with Crippen LogP contribution in [0.3, 0.4) is 0 Å². The van der Waals surface area contributed by atoms with E-state index in [2.05, 4.69) is 21.7 Å². The average molecular weight is 595 g/mol. The number of allylic oxidation sites excluding steroid dienone is 1. The minimum Gasteiger partial charge on any atom is -0.377 e. The second-order valence-corrected chi connectivity index (χ2v) is 13.7. The molecule has 10 nitrogen and oxygen atoms in total. The second-order valence-electron chi connectivity index (χ2n) is 10.7. The van der Waals surface area contributed by atoms with Crippen LogP contribution < -0.4 is 10.6 Å². The van der Waals surface area contributed by atoms with E-state index in [9.17, 15) is 23.3 Å². The number of methoxy groups -OCH3 is 1. The summed E-state index contributed by atoms with van der Waals surface area (Å²) in [6.45, 7) is 2.14. The Bertz CT molecular complexity index is 1400. The van der Waals surface area contributed by atoms with Crippen LogP contribution in [0.5, 0.6) is 0 Å². The second kappa shape index (κ2) is 10.2. The maximum Gasteiger partial charge on any atom is 0.244 e. The van der Waals surface area contributed by atoms with Crippen molar-refractivity contribution < 1.29 is 22.7 Å². The molecule has 4 aliphatic rings. The molecule has 3 heterocycles. The molecule has 0 spiro atoms. The molecule has 0 aromatic carbocycles. The summed E-state index contributed by atoms with van der Waals surface area (Å²) in [6, 6.07) is 4.34. The van der Waals surface area contributed by atoms with E-state index in [4.69, 9.17) is 27.9 Å². The number of amides is 2. The third-order valence-corrected chi connectivity index (χ3v) is 11.3. The summed E-state index contributed by atoms with van der Waals surface area (Å²) >= 11 is 12.5. The fourth-order valence-electron chi connectivity index (χ4n) is 5.44. The number of carbonyl (C=O) groups excluding carboxylic acids is 2. The molecule has 3 fully saturated rings. The van der Waals surface area contributed by atoms with Gasteiger partial charge in [-0.2, -0.15) is 5.26 Å². The van der Waals surface area contributed by atoms with Crippen molar-refractivity contribution in [2.45, 2.75) is 54.5 Å². The van der Waals surface area contributed by atoms with Gasteiger partial charge in [0.15, 0.2) is 9.84 Å². The van der Waals surface area contributed by atoms with Crippen molar-refractivity contribution in [2.75, 3.05) is 26.7 Å². The SMILES string of the molecule is COC1C=CC(S(=O)(=O)[C@@H]2C[C@@H](C(=O)NC3(C#N)CC3)N(C(=O)C3(c4ccc(Cl)cn4)CNC3)C2)=C(Cl)C1C. The van der Waals surface area contributed by atoms with E-state index in [1.807, 2.05) is 0 Å². The molecule has 1 saturated carbocycles. The normalized spacial score (nSPS) is 28.9. The summed E-state index contributed by atoms with van der Waals surface area (Å²) in [7, 11) is -2.51. The smallest absolute Gasteiger partial charge is 0.244 e. The number of nitrogens with one attached hydrogen (secondary N) is 2. The standard InChI is InChI=1S/C26H29Cl2N5O5S/c1-15-19(38-2)4-5-20(22(15)28)39(36,37)17-9-18(23(34)32-25(12-29)7-8-25)33(11-17)24(35)26(13-30-14-26)21-6-3-16(27)10-31-21/h3-6,10,15,17-19,30H,7-9,11,13-14H2,1-2H3,(H,32,34)/t15?,17-,18+,19?/m1/s1. The van der Waals surface area contributed by atoms with Crippen molar-refractivity contribution in [3.05, 3.63) is 51.1 Å². The lowest BCUT2D eigenvalue weighted by Gasteiger charge is -2.43. The number of pyridine rings is 1. The molecule has 2 N–H and O–H groups in total. The minimum absolute atomic E-state index is 0.0292. The van der Waals surface area contributed by atoms with Crippen LogP contribution in [-0.4, -0.2) is 79.8 Å². The number of nitriles is 1. The summed E-state index contributed by atoms with van der Waals surface area (Å²) in [6.07, 6.45) is 5.07. The Morgan fingerprint density at radius 1 is 1.28 bits per heavy atom. The summed E-state index contributed by atoms with van der Waals surface area (Å²) in [5.74, 6) is -1.32. The van der Waals surface area contributed by atoms with Crippen LogP contribution in [0, 0.1) is 17.2 Å². The molecule has 4 atom stereocenters. The van der Waals surface area contributed by atoms with Gasteiger partial charge in [0, 0.05) is 43.9 Å². The van der Waals surface area contributed by atoms with Crippen molar-refractivity contribution in [1.29, 1.82) is 5.26 Å². The van der Waals surface area contributed by atoms with Crippen LogP contribution >= 0.6 is 23.2 Å². The minimum atomic E-state index is -4.03. The number of aromatic nitrogens is 1. The van der Waals surface area contributed by atoms with E-state index < -0.39 is 43.9 Å². The molecule has 1 aromatic rings. The highest BCUT2D eigenvalue weighted by atomic mass is 35.5. The van der Waals surface area contributed by atoms with Crippen molar-refractivity contribution in [2.24, 2.45) is 5.92 Å². The van der Waals surface area contributed by atoms with Crippen molar-refractivity contribution in [3.8, 4) is 6.07 Å². The zero-order chi connectivity index (χ0) is 28.2. The van der Waals surface area contributed by atoms with Crippen LogP contribution in [0.4, 0.5) is 0 Å². The van der Waals surface area contributed by atoms with Gasteiger partial charge in [0.2, 0.25) is 11.8 Å². The Labute approximate surface area is 237 Å². The maximum absolute atomic E-state index is 14.2. The van der Waals surface area contributed by atoms with Crippen molar-refractivity contribution >= 4 is 44.9 Å². The van der Waals surface area contributed by atoms with E-state index >= 15 is 0 Å². The van der Waals surface area contributed by atoms with Crippen LogP contribution in [0.15, 0.2) is 40.4 Å². The molecule has 2 aliphatic heterocycles. The fraction of sp³-hybridized carbons (Fsp3) is 0.538. The van der Waals surface area contributed by atoms with Gasteiger partial charge in [-0.05, 0) is 37.5 Å². The number of sulfone groups is 1. The molecule has 2 unspecified atom stereocenters. The van der Waals surface area contributed by atoms with Gasteiger partial charge in [0.05, 0.1) is 33.0 Å². The highest BCUT2D eigenvalue weighted by Gasteiger charge is 2.56. The Hall–Kier alpha value is -2.49. The fourth-order valence-corrected chi connectivity index (χ4v) is 7.94. The quantitative estimate of drug-likeness (QED) is 0.487. The van der Waals surface area contributed by atoms with E-state index in [-0.39, 0.29) is 48.0 Å². The summed E-state index contributed by atoms with van der Waals surface area (Å²) in [5, 5.41) is 14.9. The molecule has 13 heteroatoms. The molecule has 2 amide bonds. The third kappa shape index (κ3) is 4.76. The first-order chi connectivity index (χ1) is 18.5. The maximum atomic E-state index is 14.2. The van der Waals surface area contributed by atoms with Gasteiger partial charge in [-0.25, -0.2) is 8.42 Å². The topological polar surface area (TPSA) is 141 Å². The van der Waals surface area contributed by atoms with Gasteiger partial charge in [-0.1, -0.05) is 36.2 Å². The molecule has 0 radical (unpaired) electrons. The lowest BCUT2D eigenvalue weighted by Crippen LogP contribution is -2.67. The van der Waals surface area contributed by atoms with Crippen molar-refractivity contribution in [1.82, 2.24) is 20.5 Å². The predicted octanol–water partition coefficient (Wildman–Crippen LogP) is 1.80. The molecular weight excluding hydrogens is 565 g/mol. The predicted molar refractivity (Wildman–Crippen MR) is 144 cm³/mol. The van der Waals surface area contributed by atoms with E-state index in [1.54, 1.807) is 25.1 Å². The van der Waals surface area contributed by atoms with E-state index in [0.29, 0.717) is 23.6 Å². The summed E-state index contributed by atoms with van der Waals surface area (Å²) < 4.78 is 33.1. The molecule has 39 heavy (non-hydrogen) atoms. The Kier molecular flexibility index (Phi) is 7.31. The lowest BCUT2D eigenvalue weighted by atomic mass is 9.76. The largest absolute Gasteiger partial charge is 0.377 e. The van der Waals surface area contributed by atoms with E-state index in [1.165, 1.54) is 24.3 Å². The zero-order valence-corrected chi connectivity index (χ0v) is 23.8. The summed E-state index contributed by atoms with van der Waals surface area (Å²) in [4.78, 5) is 33.3. The van der Waals surface area contributed by atoms with Gasteiger partial charge in [-0.15, -0.1) is 0 Å². The number of ether oxygens (including phenoxy) is 1. The van der Waals surface area contributed by atoms with E-state index in [0.717, 1.165) is 0 Å². The average Bonchev–Trinajstić information content (AvgIpc) is 3.50. The molecule has 1 aromatic heterocycles. The Balaban J connectivity index is 1.49. The number of halogens is 2. The number of carbonyl (C=O) groups is 2. The first kappa shape index (κ1) is 28.1. The van der Waals surface area contributed by atoms with Gasteiger partial charge in [0.1, 0.15) is 17.0 Å². The number of hydrogen-bond donors (Lipinski definition) is 2. The number of rotatable bonds is 7. The first-order valence-electron chi connectivity index (χ1n) is 12.7. The highest BCUT2D eigenvalue weighted by Crippen LogP contribution is 2.40. The van der Waals surface area contributed by atoms with Crippen LogP contribution in [0.25, 0.3) is 0 Å². The van der Waals surface area contributed by atoms with Gasteiger partial charge in [0.25, 0.3) is 0 Å². The van der Waals surface area contributed by atoms with Gasteiger partial charge >= 0.3 is 0 Å². The Morgan fingerprint density at radius 3 is 2.54 bits per heavy atom. The molecule has 208 valence electrons. The van der Waals surface area contributed by atoms with Gasteiger partial charge < -0.3 is 20.3 Å². The molecule has 2 aliphatic carbocycles. The van der Waals surface area contributed by atoms with Gasteiger partial charge in [-0.3, -0.25) is 14.6 Å². The van der Waals surface area contributed by atoms with Crippen molar-refractivity contribution in [3.63, 3.8) is 0 Å². The molecular formula is C26H29Cl2N5O5S. The Morgan fingerprint density at radius 2 is 2.00 bits per heavy atom. The number of likely N-dealkylation sites (tertiary alicyclic amines) is 1. The molecule has 5 rings (SSSR count). The summed E-state index contributed by atoms with van der Waals surface area (Å²) in [5.41, 5.74) is -1.56. The van der Waals surface area contributed by atoms with Crippen LogP contribution in [0.2, 0.25) is 5.02 Å². The number of nitrogens with zero attached hydrogens (tertiary/aromatic N) is 3.